The number of nitrogens with zero attached hydrogens (tertiary/aromatic N) is 2. The van der Waals surface area contributed by atoms with Crippen LogP contribution in [-0.2, 0) is 4.79 Å². The summed E-state index contributed by atoms with van der Waals surface area (Å²) in [6.07, 6.45) is 7.90. The van der Waals surface area contributed by atoms with Gasteiger partial charge >= 0.3 is 0 Å². The van der Waals surface area contributed by atoms with Gasteiger partial charge in [0.15, 0.2) is 0 Å². The summed E-state index contributed by atoms with van der Waals surface area (Å²) in [5.74, 6) is -0.0273. The van der Waals surface area contributed by atoms with E-state index in [1.165, 1.54) is 0 Å². The summed E-state index contributed by atoms with van der Waals surface area (Å²) in [4.78, 5) is 18.1. The maximum absolute atomic E-state index is 12.1. The van der Waals surface area contributed by atoms with Crippen LogP contribution in [0.2, 0.25) is 0 Å². The number of carbonyl (C=O) groups excluding carboxylic acids is 1. The van der Waals surface area contributed by atoms with Crippen molar-refractivity contribution in [3.8, 4) is 0 Å². The van der Waals surface area contributed by atoms with E-state index in [1.54, 1.807) is 12.4 Å². The summed E-state index contributed by atoms with van der Waals surface area (Å²) in [6, 6.07) is 1.88. The van der Waals surface area contributed by atoms with Crippen molar-refractivity contribution in [3.63, 3.8) is 0 Å². The van der Waals surface area contributed by atoms with E-state index < -0.39 is 0 Å². The van der Waals surface area contributed by atoms with E-state index in [9.17, 15) is 4.79 Å². The van der Waals surface area contributed by atoms with E-state index in [0.717, 1.165) is 37.1 Å². The van der Waals surface area contributed by atoms with E-state index in [4.69, 9.17) is 5.73 Å². The van der Waals surface area contributed by atoms with Crippen LogP contribution in [0.5, 0.6) is 0 Å². The molecule has 5 heteroatoms. The van der Waals surface area contributed by atoms with Gasteiger partial charge in [-0.05, 0) is 18.9 Å². The van der Waals surface area contributed by atoms with Crippen molar-refractivity contribution >= 4 is 17.3 Å². The summed E-state index contributed by atoms with van der Waals surface area (Å²) in [6.45, 7) is 0. The molecule has 0 aromatic carbocycles. The van der Waals surface area contributed by atoms with E-state index in [0.29, 0.717) is 6.42 Å². The zero-order valence-electron chi connectivity index (χ0n) is 11.6. The molecule has 1 heterocycles. The number of nitrogens with one attached hydrogen (secondary N) is 1. The molecule has 1 amide bonds. The molecule has 3 N–H and O–H groups in total. The normalized spacial score (nSPS) is 17.2. The first-order valence-corrected chi connectivity index (χ1v) is 6.70. The third-order valence-corrected chi connectivity index (χ3v) is 3.67. The van der Waals surface area contributed by atoms with Crippen LogP contribution in [0.15, 0.2) is 18.5 Å². The zero-order chi connectivity index (χ0) is 13.9. The number of anilines is 2. The summed E-state index contributed by atoms with van der Waals surface area (Å²) in [5, 5.41) is 2.92. The van der Waals surface area contributed by atoms with Crippen LogP contribution < -0.4 is 16.0 Å². The van der Waals surface area contributed by atoms with Crippen LogP contribution >= 0.6 is 0 Å². The summed E-state index contributed by atoms with van der Waals surface area (Å²) in [5.41, 5.74) is 7.59. The van der Waals surface area contributed by atoms with Crippen molar-refractivity contribution in [2.75, 3.05) is 24.3 Å². The quantitative estimate of drug-likeness (QED) is 0.867. The first-order chi connectivity index (χ1) is 9.00. The molecule has 0 unspecified atom stereocenters. The minimum Gasteiger partial charge on any atom is -0.376 e. The van der Waals surface area contributed by atoms with E-state index >= 15 is 0 Å². The van der Waals surface area contributed by atoms with Gasteiger partial charge in [0.2, 0.25) is 5.91 Å². The molecule has 104 valence electrons. The minimum absolute atomic E-state index is 0.0273. The molecule has 1 aliphatic rings. The van der Waals surface area contributed by atoms with Gasteiger partial charge in [-0.3, -0.25) is 9.78 Å². The molecule has 2 rings (SSSR count). The van der Waals surface area contributed by atoms with Gasteiger partial charge in [0.25, 0.3) is 0 Å². The molecule has 0 spiro atoms. The van der Waals surface area contributed by atoms with Gasteiger partial charge in [0, 0.05) is 32.3 Å². The Morgan fingerprint density at radius 3 is 2.79 bits per heavy atom. The highest BCUT2D eigenvalue weighted by Crippen LogP contribution is 2.31. The Morgan fingerprint density at radius 1 is 1.47 bits per heavy atom. The lowest BCUT2D eigenvalue weighted by Crippen LogP contribution is -2.40. The predicted octanol–water partition coefficient (Wildman–Crippen LogP) is 1.75. The highest BCUT2D eigenvalue weighted by atomic mass is 16.1. The molecule has 0 bridgehead atoms. The second-order valence-electron chi connectivity index (χ2n) is 5.58. The van der Waals surface area contributed by atoms with Gasteiger partial charge in [-0.25, -0.2) is 0 Å². The molecule has 0 radical (unpaired) electrons. The van der Waals surface area contributed by atoms with Gasteiger partial charge in [0.05, 0.1) is 17.6 Å². The van der Waals surface area contributed by atoms with Crippen LogP contribution in [0.1, 0.15) is 32.1 Å². The lowest BCUT2D eigenvalue weighted by atomic mass is 9.94. The molecule has 0 aliphatic heterocycles. The van der Waals surface area contributed by atoms with E-state index in [1.807, 2.05) is 25.1 Å². The first-order valence-electron chi connectivity index (χ1n) is 6.70. The first kappa shape index (κ1) is 13.8. The van der Waals surface area contributed by atoms with Gasteiger partial charge in [-0.15, -0.1) is 0 Å². The van der Waals surface area contributed by atoms with Crippen LogP contribution in [0.4, 0.5) is 11.4 Å². The summed E-state index contributed by atoms with van der Waals surface area (Å²) >= 11 is 0. The minimum atomic E-state index is -0.315. The average molecular weight is 262 g/mol. The maximum atomic E-state index is 12.1. The Labute approximate surface area is 114 Å². The second kappa shape index (κ2) is 5.57. The third-order valence-electron chi connectivity index (χ3n) is 3.67. The van der Waals surface area contributed by atoms with Crippen LogP contribution in [0.3, 0.4) is 0 Å². The Morgan fingerprint density at radius 2 is 2.16 bits per heavy atom. The number of carbonyl (C=O) groups is 1. The SMILES string of the molecule is CN(C)c1ccncc1NC(=O)CC1(N)CCCC1. The fraction of sp³-hybridized carbons (Fsp3) is 0.571. The van der Waals surface area contributed by atoms with Gasteiger partial charge in [-0.2, -0.15) is 0 Å². The molecule has 1 fully saturated rings. The van der Waals surface area contributed by atoms with E-state index in [-0.39, 0.29) is 11.4 Å². The van der Waals surface area contributed by atoms with Gasteiger partial charge in [0.1, 0.15) is 0 Å². The number of nitrogens with two attached hydrogens (primary N) is 1. The molecule has 1 aromatic heterocycles. The maximum Gasteiger partial charge on any atom is 0.226 e. The number of hydrogen-bond acceptors (Lipinski definition) is 4. The topological polar surface area (TPSA) is 71.2 Å². The number of aromatic nitrogens is 1. The van der Waals surface area contributed by atoms with Crippen molar-refractivity contribution in [1.82, 2.24) is 4.98 Å². The molecular formula is C14H22N4O. The highest BCUT2D eigenvalue weighted by molar-refractivity contribution is 5.94. The third kappa shape index (κ3) is 3.44. The van der Waals surface area contributed by atoms with Crippen molar-refractivity contribution in [2.45, 2.75) is 37.6 Å². The average Bonchev–Trinajstić information content (AvgIpc) is 2.75. The second-order valence-corrected chi connectivity index (χ2v) is 5.58. The van der Waals surface area contributed by atoms with Crippen LogP contribution in [0, 0.1) is 0 Å². The molecule has 19 heavy (non-hydrogen) atoms. The smallest absolute Gasteiger partial charge is 0.226 e. The Bertz CT molecular complexity index is 453. The molecular weight excluding hydrogens is 240 g/mol. The van der Waals surface area contributed by atoms with Crippen LogP contribution in [-0.4, -0.2) is 30.5 Å². The summed E-state index contributed by atoms with van der Waals surface area (Å²) in [7, 11) is 3.87. The lowest BCUT2D eigenvalue weighted by Gasteiger charge is -2.23. The zero-order valence-corrected chi connectivity index (χ0v) is 11.6. The van der Waals surface area contributed by atoms with E-state index in [2.05, 4.69) is 10.3 Å². The van der Waals surface area contributed by atoms with Crippen molar-refractivity contribution in [1.29, 1.82) is 0 Å². The van der Waals surface area contributed by atoms with Gasteiger partial charge < -0.3 is 16.0 Å². The largest absolute Gasteiger partial charge is 0.376 e. The van der Waals surface area contributed by atoms with Crippen LogP contribution in [0.25, 0.3) is 0 Å². The number of rotatable bonds is 4. The fourth-order valence-electron chi connectivity index (χ4n) is 2.64. The number of pyridine rings is 1. The fourth-order valence-corrected chi connectivity index (χ4v) is 2.64. The van der Waals surface area contributed by atoms with Crippen molar-refractivity contribution in [2.24, 2.45) is 5.73 Å². The Balaban J connectivity index is 2.03. The molecule has 5 nitrogen and oxygen atoms in total. The number of amides is 1. The predicted molar refractivity (Wildman–Crippen MR) is 77.2 cm³/mol. The highest BCUT2D eigenvalue weighted by Gasteiger charge is 2.31. The van der Waals surface area contributed by atoms with Crippen molar-refractivity contribution < 1.29 is 4.79 Å². The Kier molecular flexibility index (Phi) is 4.04. The molecule has 1 aromatic rings. The summed E-state index contributed by atoms with van der Waals surface area (Å²) < 4.78 is 0. The standard InChI is InChI=1S/C14H22N4O/c1-18(2)12-5-8-16-10-11(12)17-13(19)9-14(15)6-3-4-7-14/h5,8,10H,3-4,6-7,9,15H2,1-2H3,(H,17,19). The van der Waals surface area contributed by atoms with Crippen molar-refractivity contribution in [3.05, 3.63) is 18.5 Å². The van der Waals surface area contributed by atoms with Gasteiger partial charge in [-0.1, -0.05) is 12.8 Å². The lowest BCUT2D eigenvalue weighted by molar-refractivity contribution is -0.117. The molecule has 0 atom stereocenters. The monoisotopic (exact) mass is 262 g/mol. The molecule has 1 aliphatic carbocycles. The molecule has 0 saturated heterocycles. The Hall–Kier alpha value is -1.62. The number of hydrogen-bond donors (Lipinski definition) is 2. The molecule has 1 saturated carbocycles.